The van der Waals surface area contributed by atoms with Crippen LogP contribution in [-0.4, -0.2) is 41.5 Å². The van der Waals surface area contributed by atoms with Crippen LogP contribution in [0.25, 0.3) is 0 Å². The van der Waals surface area contributed by atoms with Gasteiger partial charge in [0.25, 0.3) is 11.0 Å². The van der Waals surface area contributed by atoms with E-state index in [0.29, 0.717) is 4.74 Å². The molecule has 0 radical (unpaired) electrons. The molecule has 1 atom stereocenters. The Kier molecular flexibility index (Phi) is 4.21. The maximum absolute atomic E-state index is 12.9. The van der Waals surface area contributed by atoms with Crippen molar-refractivity contribution in [2.75, 3.05) is 19.8 Å². The second-order valence-electron chi connectivity index (χ2n) is 6.39. The summed E-state index contributed by atoms with van der Waals surface area (Å²) in [6, 6.07) is 0. The van der Waals surface area contributed by atoms with Crippen LogP contribution in [0.2, 0.25) is 0 Å². The first-order chi connectivity index (χ1) is 9.65. The van der Waals surface area contributed by atoms with Crippen LogP contribution in [0.1, 0.15) is 40.5 Å². The highest BCUT2D eigenvalue weighted by molar-refractivity contribution is 7.55. The molecule has 0 amide bonds. The molecule has 2 aliphatic heterocycles. The van der Waals surface area contributed by atoms with Crippen LogP contribution >= 0.6 is 7.60 Å². The monoisotopic (exact) mass is 319 g/mol. The minimum Gasteiger partial charge on any atom is -0.623 e. The summed E-state index contributed by atoms with van der Waals surface area (Å²) < 4.78 is 29.2. The molecule has 1 saturated heterocycles. The van der Waals surface area contributed by atoms with Gasteiger partial charge in [-0.1, -0.05) is 13.8 Å². The fraction of sp³-hybridized carbons (Fsp3) is 0.846. The molecule has 7 nitrogen and oxygen atoms in total. The van der Waals surface area contributed by atoms with Crippen molar-refractivity contribution >= 4 is 19.3 Å². The van der Waals surface area contributed by atoms with Crippen molar-refractivity contribution in [1.82, 2.24) is 0 Å². The number of carbonyl (C=O) groups excluding carboxylic acids is 1. The van der Waals surface area contributed by atoms with Crippen molar-refractivity contribution in [3.05, 3.63) is 5.21 Å². The third-order valence-electron chi connectivity index (χ3n) is 3.87. The van der Waals surface area contributed by atoms with Crippen LogP contribution in [0.15, 0.2) is 0 Å². The molecule has 2 aliphatic rings. The van der Waals surface area contributed by atoms with Crippen molar-refractivity contribution in [3.8, 4) is 0 Å². The van der Waals surface area contributed by atoms with Crippen LogP contribution < -0.4 is 0 Å². The molecule has 0 N–H and O–H groups in total. The maximum atomic E-state index is 12.9. The lowest BCUT2D eigenvalue weighted by Crippen LogP contribution is -2.41. The summed E-state index contributed by atoms with van der Waals surface area (Å²) in [5.74, 6) is -0.667. The van der Waals surface area contributed by atoms with Crippen molar-refractivity contribution in [1.29, 1.82) is 0 Å². The Morgan fingerprint density at radius 2 is 1.95 bits per heavy atom. The number of hydrogen-bond acceptors (Lipinski definition) is 6. The van der Waals surface area contributed by atoms with Crippen LogP contribution in [-0.2, 0) is 23.1 Å². The second-order valence-corrected chi connectivity index (χ2v) is 8.86. The quantitative estimate of drug-likeness (QED) is 0.343. The van der Waals surface area contributed by atoms with E-state index < -0.39 is 18.8 Å². The highest BCUT2D eigenvalue weighted by Gasteiger charge is 2.62. The van der Waals surface area contributed by atoms with Crippen LogP contribution in [0.5, 0.6) is 0 Å². The molecule has 0 spiro atoms. The molecule has 21 heavy (non-hydrogen) atoms. The molecule has 120 valence electrons. The lowest BCUT2D eigenvalue weighted by Gasteiger charge is -2.39. The topological polar surface area (TPSA) is 87.9 Å². The van der Waals surface area contributed by atoms with Crippen molar-refractivity contribution in [2.24, 2.45) is 5.41 Å². The molecule has 2 heterocycles. The molecular weight excluding hydrogens is 297 g/mol. The van der Waals surface area contributed by atoms with Gasteiger partial charge in [-0.2, -0.15) is 4.74 Å². The summed E-state index contributed by atoms with van der Waals surface area (Å²) in [6.07, 6.45) is 0.446. The van der Waals surface area contributed by atoms with E-state index in [9.17, 15) is 14.6 Å². The number of ether oxygens (including phenoxy) is 1. The van der Waals surface area contributed by atoms with Gasteiger partial charge in [0, 0.05) is 25.2 Å². The Bertz CT molecular complexity index is 515. The first-order valence-corrected chi connectivity index (χ1v) is 8.59. The third-order valence-corrected chi connectivity index (χ3v) is 6.39. The van der Waals surface area contributed by atoms with Gasteiger partial charge in [0.05, 0.1) is 19.8 Å². The van der Waals surface area contributed by atoms with Crippen LogP contribution in [0.3, 0.4) is 0 Å². The van der Waals surface area contributed by atoms with Gasteiger partial charge >= 0.3 is 13.6 Å². The number of hydroxylamine groups is 1. The molecule has 0 aromatic carbocycles. The van der Waals surface area contributed by atoms with Gasteiger partial charge in [-0.15, -0.1) is 0 Å². The largest absolute Gasteiger partial charge is 0.623 e. The van der Waals surface area contributed by atoms with Crippen molar-refractivity contribution in [2.45, 2.75) is 45.8 Å². The van der Waals surface area contributed by atoms with Gasteiger partial charge in [0.1, 0.15) is 0 Å². The number of rotatable bonds is 3. The van der Waals surface area contributed by atoms with Gasteiger partial charge in [0.2, 0.25) is 0 Å². The SMILES string of the molecule is CCOC(=O)C1=[N+]([O-])C(C)(P2(=O)OCC(C)(C)CO2)CC1. The minimum atomic E-state index is -3.62. The Labute approximate surface area is 124 Å². The molecule has 2 rings (SSSR count). The summed E-state index contributed by atoms with van der Waals surface area (Å²) in [5, 5.41) is 11.1. The van der Waals surface area contributed by atoms with E-state index in [4.69, 9.17) is 13.8 Å². The predicted molar refractivity (Wildman–Crippen MR) is 76.2 cm³/mol. The number of nitrogens with zero attached hydrogens (tertiary/aromatic N) is 1. The molecule has 0 aliphatic carbocycles. The standard InChI is InChI=1S/C13H22NO6P/c1-5-18-11(15)10-6-7-13(4,14(10)16)21(17)19-8-12(2,3)9-20-21/h5-9H2,1-4H3. The number of esters is 1. The number of carbonyl (C=O) groups is 1. The van der Waals surface area contributed by atoms with Gasteiger partial charge < -0.3 is 19.0 Å². The highest BCUT2D eigenvalue weighted by atomic mass is 31.2. The normalized spacial score (nSPS) is 31.2. The van der Waals surface area contributed by atoms with Crippen molar-refractivity contribution < 1.29 is 27.9 Å². The fourth-order valence-electron chi connectivity index (χ4n) is 2.37. The van der Waals surface area contributed by atoms with Gasteiger partial charge in [0.15, 0.2) is 0 Å². The fourth-order valence-corrected chi connectivity index (χ4v) is 4.77. The van der Waals surface area contributed by atoms with Crippen LogP contribution in [0, 0.1) is 10.6 Å². The van der Waals surface area contributed by atoms with E-state index in [1.807, 2.05) is 13.8 Å². The molecule has 1 unspecified atom stereocenters. The highest BCUT2D eigenvalue weighted by Crippen LogP contribution is 2.66. The first kappa shape index (κ1) is 16.5. The van der Waals surface area contributed by atoms with Crippen LogP contribution in [0.4, 0.5) is 0 Å². The van der Waals surface area contributed by atoms with E-state index in [2.05, 4.69) is 0 Å². The lowest BCUT2D eigenvalue weighted by molar-refractivity contribution is -0.510. The Hall–Kier alpha value is -0.910. The zero-order chi connectivity index (χ0) is 15.9. The van der Waals surface area contributed by atoms with Gasteiger partial charge in [-0.05, 0) is 6.92 Å². The average molecular weight is 319 g/mol. The maximum Gasteiger partial charge on any atom is 0.401 e. The van der Waals surface area contributed by atoms with Crippen molar-refractivity contribution in [3.63, 3.8) is 0 Å². The summed E-state index contributed by atoms with van der Waals surface area (Å²) in [7, 11) is -3.62. The van der Waals surface area contributed by atoms with E-state index in [-0.39, 0.29) is 43.8 Å². The average Bonchev–Trinajstić information content (AvgIpc) is 2.72. The summed E-state index contributed by atoms with van der Waals surface area (Å²) in [5.41, 5.74) is -0.267. The molecule has 0 saturated carbocycles. The summed E-state index contributed by atoms with van der Waals surface area (Å²) >= 11 is 0. The molecule has 8 heteroatoms. The van der Waals surface area contributed by atoms with Gasteiger partial charge in [-0.25, -0.2) is 4.79 Å². The Morgan fingerprint density at radius 1 is 1.38 bits per heavy atom. The number of hydrogen-bond donors (Lipinski definition) is 0. The lowest BCUT2D eigenvalue weighted by atomic mass is 9.97. The molecule has 0 bridgehead atoms. The molecule has 0 aromatic rings. The predicted octanol–water partition coefficient (Wildman–Crippen LogP) is 2.28. The smallest absolute Gasteiger partial charge is 0.401 e. The molecular formula is C13H22NO6P. The Morgan fingerprint density at radius 3 is 2.48 bits per heavy atom. The molecule has 1 fully saturated rings. The van der Waals surface area contributed by atoms with E-state index in [1.165, 1.54) is 6.92 Å². The third kappa shape index (κ3) is 2.74. The van der Waals surface area contributed by atoms with E-state index >= 15 is 0 Å². The second kappa shape index (κ2) is 5.38. The zero-order valence-electron chi connectivity index (χ0n) is 12.9. The zero-order valence-corrected chi connectivity index (χ0v) is 13.8. The summed E-state index contributed by atoms with van der Waals surface area (Å²) in [4.78, 5) is 11.8. The van der Waals surface area contributed by atoms with E-state index in [0.717, 1.165) is 0 Å². The van der Waals surface area contributed by atoms with E-state index in [1.54, 1.807) is 6.92 Å². The minimum absolute atomic E-state index is 0.0217. The van der Waals surface area contributed by atoms with Gasteiger partial charge in [-0.3, -0.25) is 4.57 Å². The Balaban J connectivity index is 2.27. The summed E-state index contributed by atoms with van der Waals surface area (Å²) in [6.45, 7) is 7.73. The molecule has 0 aromatic heterocycles. The first-order valence-electron chi connectivity index (χ1n) is 7.05.